The maximum absolute atomic E-state index is 5.47. The number of methoxy groups -OCH3 is 3. The van der Waals surface area contributed by atoms with Crippen molar-refractivity contribution < 1.29 is 14.2 Å². The Morgan fingerprint density at radius 2 is 0.800 bits per heavy atom. The molecule has 0 amide bonds. The highest BCUT2D eigenvalue weighted by Crippen LogP contribution is 2.38. The number of nitrogens with zero attached hydrogens (tertiary/aromatic N) is 1. The van der Waals surface area contributed by atoms with Crippen molar-refractivity contribution in [3.8, 4) is 17.2 Å². The number of hydrogen-bond acceptors (Lipinski definition) is 4. The van der Waals surface area contributed by atoms with Crippen LogP contribution < -0.4 is 14.2 Å². The molecule has 348 valence electrons. The first-order valence-electron chi connectivity index (χ1n) is 23.7. The lowest BCUT2D eigenvalue weighted by Gasteiger charge is -2.12. The highest BCUT2D eigenvalue weighted by molar-refractivity contribution is 7.12. The van der Waals surface area contributed by atoms with Gasteiger partial charge in [0.2, 0.25) is 0 Å². The third-order valence-electron chi connectivity index (χ3n) is 13.2. The Labute approximate surface area is 415 Å². The van der Waals surface area contributed by atoms with Crippen molar-refractivity contribution in [1.82, 2.24) is 4.57 Å². The smallest absolute Gasteiger partial charge is 0.126 e. The van der Waals surface area contributed by atoms with E-state index in [9.17, 15) is 0 Å². The summed E-state index contributed by atoms with van der Waals surface area (Å²) < 4.78 is 18.4. The molecule has 0 aliphatic carbocycles. The van der Waals surface area contributed by atoms with Gasteiger partial charge in [0.15, 0.2) is 0 Å². The summed E-state index contributed by atoms with van der Waals surface area (Å²) in [6, 6.07) is 68.0. The SMILES string of the molecule is COc1ccc2ccc3cccc4ccc1c2c34.COc1cccc2cc3ccccc3cc12.COc1cccc2ccccc12.Cc1cc(C)c(C)s1.Cc1ccc2c3ccc(C)cc3n(C)c2c1. The van der Waals surface area contributed by atoms with Gasteiger partial charge in [0.1, 0.15) is 17.2 Å². The molecule has 4 nitrogen and oxygen atoms in total. The Morgan fingerprint density at radius 1 is 0.343 bits per heavy atom. The molecular weight excluding hydrogens is 875 g/mol. The van der Waals surface area contributed by atoms with Crippen LogP contribution in [-0.2, 0) is 7.05 Å². The zero-order valence-electron chi connectivity index (χ0n) is 41.6. The van der Waals surface area contributed by atoms with Crippen LogP contribution in [0.2, 0.25) is 0 Å². The summed E-state index contributed by atoms with van der Waals surface area (Å²) in [6.07, 6.45) is 0. The normalized spacial score (nSPS) is 10.9. The van der Waals surface area contributed by atoms with Crippen LogP contribution in [0.3, 0.4) is 0 Å². The first-order valence-corrected chi connectivity index (χ1v) is 24.5. The Kier molecular flexibility index (Phi) is 14.0. The molecule has 11 aromatic carbocycles. The van der Waals surface area contributed by atoms with Gasteiger partial charge in [0.05, 0.1) is 21.3 Å². The molecule has 0 unspecified atom stereocenters. The lowest BCUT2D eigenvalue weighted by molar-refractivity contribution is 0.419. The van der Waals surface area contributed by atoms with Crippen molar-refractivity contribution in [2.45, 2.75) is 34.6 Å². The number of hydrogen-bond donors (Lipinski definition) is 0. The summed E-state index contributed by atoms with van der Waals surface area (Å²) in [5, 5.41) is 17.7. The van der Waals surface area contributed by atoms with E-state index in [1.165, 1.54) is 113 Å². The van der Waals surface area contributed by atoms with Crippen molar-refractivity contribution in [2.75, 3.05) is 21.3 Å². The van der Waals surface area contributed by atoms with Crippen molar-refractivity contribution in [3.63, 3.8) is 0 Å². The van der Waals surface area contributed by atoms with Crippen molar-refractivity contribution in [2.24, 2.45) is 7.05 Å². The second kappa shape index (κ2) is 20.8. The van der Waals surface area contributed by atoms with Gasteiger partial charge < -0.3 is 18.8 Å². The van der Waals surface area contributed by atoms with Gasteiger partial charge in [-0.3, -0.25) is 0 Å². The zero-order chi connectivity index (χ0) is 48.9. The monoisotopic (exact) mass is 933 g/mol. The standard InChI is InChI=1S/C17H12O.C15H15N.C15H12O.C11H10O.C7H10S/c1-18-15-10-8-13-6-5-11-3-2-4-12-7-9-14(15)17(13)16(11)12;1-10-4-6-12-13-7-5-11(2)9-15(13)16(3)14(12)8-10;1-16-15-8-4-7-13-9-11-5-2-3-6-12(11)10-14(13)15;1-12-11-8-4-6-9-5-2-3-7-10(9)11;1-5-4-6(2)8-7(5)3/h2-10H,1H3;4-9H,1-3H3;2-10H,1H3;2-8H,1H3;4H,1-3H3. The number of thiophene rings is 1. The first kappa shape index (κ1) is 47.2. The maximum Gasteiger partial charge on any atom is 0.126 e. The Balaban J connectivity index is 0.000000111. The highest BCUT2D eigenvalue weighted by atomic mass is 32.1. The fourth-order valence-corrected chi connectivity index (χ4v) is 10.5. The fraction of sp³-hybridized carbons (Fsp3) is 0.138. The minimum Gasteiger partial charge on any atom is -0.496 e. The summed E-state index contributed by atoms with van der Waals surface area (Å²) in [4.78, 5) is 2.86. The minimum atomic E-state index is 0.934. The molecule has 70 heavy (non-hydrogen) atoms. The largest absolute Gasteiger partial charge is 0.496 e. The third-order valence-corrected chi connectivity index (χ3v) is 14.3. The summed E-state index contributed by atoms with van der Waals surface area (Å²) in [6.45, 7) is 10.7. The third kappa shape index (κ3) is 9.72. The van der Waals surface area contributed by atoms with Gasteiger partial charge in [0.25, 0.3) is 0 Å². The van der Waals surface area contributed by atoms with E-state index in [0.29, 0.717) is 0 Å². The maximum atomic E-state index is 5.47. The van der Waals surface area contributed by atoms with E-state index >= 15 is 0 Å². The van der Waals surface area contributed by atoms with Crippen LogP contribution in [0.4, 0.5) is 0 Å². The molecule has 0 spiro atoms. The average molecular weight is 934 g/mol. The van der Waals surface area contributed by atoms with Gasteiger partial charge in [-0.25, -0.2) is 0 Å². The van der Waals surface area contributed by atoms with Crippen LogP contribution >= 0.6 is 11.3 Å². The molecule has 0 fully saturated rings. The first-order chi connectivity index (χ1) is 34.0. The number of benzene rings is 11. The quantitative estimate of drug-likeness (QED) is 0.131. The van der Waals surface area contributed by atoms with Crippen molar-refractivity contribution in [1.29, 1.82) is 0 Å². The van der Waals surface area contributed by atoms with Gasteiger partial charge in [-0.2, -0.15) is 0 Å². The van der Waals surface area contributed by atoms with Gasteiger partial charge in [-0.15, -0.1) is 11.3 Å². The molecule has 13 rings (SSSR count). The molecule has 2 aromatic heterocycles. The number of fused-ring (bicyclic) bond motifs is 6. The molecule has 0 saturated carbocycles. The molecule has 0 atom stereocenters. The highest BCUT2D eigenvalue weighted by Gasteiger charge is 2.11. The van der Waals surface area contributed by atoms with E-state index in [4.69, 9.17) is 14.2 Å². The van der Waals surface area contributed by atoms with Crippen LogP contribution in [0.25, 0.3) is 86.4 Å². The average Bonchev–Trinajstić information content (AvgIpc) is 3.84. The predicted molar refractivity (Wildman–Crippen MR) is 304 cm³/mol. The Hall–Kier alpha value is -7.86. The molecule has 13 aromatic rings. The van der Waals surface area contributed by atoms with Crippen molar-refractivity contribution >= 4 is 97.8 Å². The van der Waals surface area contributed by atoms with Gasteiger partial charge >= 0.3 is 0 Å². The second-order valence-electron chi connectivity index (χ2n) is 17.9. The van der Waals surface area contributed by atoms with Crippen LogP contribution in [-0.4, -0.2) is 25.9 Å². The van der Waals surface area contributed by atoms with E-state index in [1.807, 2.05) is 53.8 Å². The van der Waals surface area contributed by atoms with E-state index in [-0.39, 0.29) is 0 Å². The molecule has 5 heteroatoms. The molecule has 0 N–H and O–H groups in total. The summed E-state index contributed by atoms with van der Waals surface area (Å²) >= 11 is 1.87. The fourth-order valence-electron chi connectivity index (χ4n) is 9.56. The van der Waals surface area contributed by atoms with E-state index in [1.54, 1.807) is 21.3 Å². The lowest BCUT2D eigenvalue weighted by atomic mass is 9.94. The Bertz CT molecular complexity index is 3840. The van der Waals surface area contributed by atoms with Crippen LogP contribution in [0.15, 0.2) is 194 Å². The van der Waals surface area contributed by atoms with Crippen molar-refractivity contribution in [3.05, 3.63) is 221 Å². The minimum absolute atomic E-state index is 0.934. The molecule has 2 heterocycles. The van der Waals surface area contributed by atoms with Crippen LogP contribution in [0, 0.1) is 34.6 Å². The molecule has 0 saturated heterocycles. The number of aryl methyl sites for hydroxylation is 6. The van der Waals surface area contributed by atoms with E-state index in [0.717, 1.165) is 17.2 Å². The topological polar surface area (TPSA) is 32.6 Å². The molecule has 0 aliphatic rings. The number of rotatable bonds is 3. The second-order valence-corrected chi connectivity index (χ2v) is 19.3. The van der Waals surface area contributed by atoms with Crippen LogP contribution in [0.1, 0.15) is 26.4 Å². The van der Waals surface area contributed by atoms with Gasteiger partial charge in [-0.05, 0) is 149 Å². The number of aromatic nitrogens is 1. The summed E-state index contributed by atoms with van der Waals surface area (Å²) in [5.41, 5.74) is 6.69. The van der Waals surface area contributed by atoms with Gasteiger partial charge in [0, 0.05) is 60.2 Å². The van der Waals surface area contributed by atoms with Crippen LogP contribution in [0.5, 0.6) is 17.2 Å². The lowest BCUT2D eigenvalue weighted by Crippen LogP contribution is -1.88. The molecule has 0 bridgehead atoms. The molecular formula is C65H59NO3S. The van der Waals surface area contributed by atoms with E-state index in [2.05, 4.69) is 198 Å². The zero-order valence-corrected chi connectivity index (χ0v) is 42.4. The Morgan fingerprint density at radius 3 is 1.37 bits per heavy atom. The van der Waals surface area contributed by atoms with Gasteiger partial charge in [-0.1, -0.05) is 140 Å². The summed E-state index contributed by atoms with van der Waals surface area (Å²) in [5.74, 6) is 2.82. The molecule has 0 radical (unpaired) electrons. The van der Waals surface area contributed by atoms with E-state index < -0.39 is 0 Å². The number of ether oxygens (including phenoxy) is 3. The molecule has 0 aliphatic heterocycles. The predicted octanol–water partition coefficient (Wildman–Crippen LogP) is 18.1. The summed E-state index contributed by atoms with van der Waals surface area (Å²) in [7, 11) is 7.28.